The van der Waals surface area contributed by atoms with E-state index in [0.717, 1.165) is 36.5 Å². The SMILES string of the molecule is N#Cc1cccc(COc2cccc([C@H](N)CN3CCCC3)c2)c1. The van der Waals surface area contributed by atoms with E-state index < -0.39 is 0 Å². The Hall–Kier alpha value is -2.35. The number of rotatable bonds is 6. The van der Waals surface area contributed by atoms with Crippen LogP contribution in [0, 0.1) is 11.3 Å². The molecule has 1 saturated heterocycles. The molecule has 1 aliphatic rings. The topological polar surface area (TPSA) is 62.3 Å². The maximum absolute atomic E-state index is 8.95. The van der Waals surface area contributed by atoms with Crippen LogP contribution in [0.2, 0.25) is 0 Å². The van der Waals surface area contributed by atoms with Gasteiger partial charge >= 0.3 is 0 Å². The third kappa shape index (κ3) is 4.35. The number of benzene rings is 2. The van der Waals surface area contributed by atoms with Crippen LogP contribution in [0.25, 0.3) is 0 Å². The molecule has 3 rings (SSSR count). The Labute approximate surface area is 143 Å². The predicted octanol–water partition coefficient (Wildman–Crippen LogP) is 3.23. The van der Waals surface area contributed by atoms with Crippen molar-refractivity contribution in [2.75, 3.05) is 19.6 Å². The molecule has 0 bridgehead atoms. The third-order valence-electron chi connectivity index (χ3n) is 4.40. The van der Waals surface area contributed by atoms with E-state index in [9.17, 15) is 0 Å². The summed E-state index contributed by atoms with van der Waals surface area (Å²) in [6, 6.07) is 17.6. The normalized spacial score (nSPS) is 15.8. The van der Waals surface area contributed by atoms with Crippen LogP contribution >= 0.6 is 0 Å². The van der Waals surface area contributed by atoms with Crippen LogP contribution in [0.5, 0.6) is 5.75 Å². The number of nitrogens with two attached hydrogens (primary N) is 1. The lowest BCUT2D eigenvalue weighted by molar-refractivity contribution is 0.302. The molecule has 0 radical (unpaired) electrons. The molecule has 124 valence electrons. The Kier molecular flexibility index (Phi) is 5.47. The Bertz CT molecular complexity index is 717. The smallest absolute Gasteiger partial charge is 0.120 e. The van der Waals surface area contributed by atoms with Crippen LogP contribution in [0.15, 0.2) is 48.5 Å². The molecule has 1 atom stereocenters. The Balaban J connectivity index is 1.61. The van der Waals surface area contributed by atoms with E-state index in [2.05, 4.69) is 17.0 Å². The molecule has 0 saturated carbocycles. The molecule has 0 aliphatic carbocycles. The van der Waals surface area contributed by atoms with Crippen molar-refractivity contribution in [1.82, 2.24) is 4.90 Å². The van der Waals surface area contributed by atoms with E-state index >= 15 is 0 Å². The van der Waals surface area contributed by atoms with E-state index in [4.69, 9.17) is 15.7 Å². The standard InChI is InChI=1S/C20H23N3O/c21-13-16-5-3-6-17(11-16)15-24-19-8-4-7-18(12-19)20(22)14-23-9-1-2-10-23/h3-8,11-12,20H,1-2,9-10,14-15,22H2/t20-/m1/s1. The van der Waals surface area contributed by atoms with Gasteiger partial charge in [0.2, 0.25) is 0 Å². The van der Waals surface area contributed by atoms with Gasteiger partial charge in [-0.3, -0.25) is 0 Å². The van der Waals surface area contributed by atoms with Gasteiger partial charge in [0.1, 0.15) is 12.4 Å². The molecule has 4 heteroatoms. The first kappa shape index (κ1) is 16.5. The molecule has 0 aromatic heterocycles. The fourth-order valence-electron chi connectivity index (χ4n) is 3.08. The van der Waals surface area contributed by atoms with E-state index in [-0.39, 0.29) is 6.04 Å². The number of likely N-dealkylation sites (tertiary alicyclic amines) is 1. The lowest BCUT2D eigenvalue weighted by atomic mass is 10.1. The van der Waals surface area contributed by atoms with Crippen LogP contribution in [0.3, 0.4) is 0 Å². The van der Waals surface area contributed by atoms with Gasteiger partial charge in [-0.2, -0.15) is 5.26 Å². The quantitative estimate of drug-likeness (QED) is 0.887. The van der Waals surface area contributed by atoms with E-state index in [1.807, 2.05) is 36.4 Å². The minimum absolute atomic E-state index is 0.00793. The Morgan fingerprint density at radius 3 is 2.71 bits per heavy atom. The highest BCUT2D eigenvalue weighted by atomic mass is 16.5. The lowest BCUT2D eigenvalue weighted by Gasteiger charge is -2.20. The van der Waals surface area contributed by atoms with Gasteiger partial charge < -0.3 is 15.4 Å². The highest BCUT2D eigenvalue weighted by molar-refractivity contribution is 5.34. The van der Waals surface area contributed by atoms with Crippen molar-refractivity contribution in [3.8, 4) is 11.8 Å². The Morgan fingerprint density at radius 1 is 1.12 bits per heavy atom. The molecular weight excluding hydrogens is 298 g/mol. The molecule has 1 heterocycles. The maximum atomic E-state index is 8.95. The molecule has 2 aromatic carbocycles. The number of hydrogen-bond donors (Lipinski definition) is 1. The van der Waals surface area contributed by atoms with E-state index in [0.29, 0.717) is 12.2 Å². The number of ether oxygens (including phenoxy) is 1. The van der Waals surface area contributed by atoms with Gasteiger partial charge in [0, 0.05) is 12.6 Å². The van der Waals surface area contributed by atoms with E-state index in [1.54, 1.807) is 6.07 Å². The summed E-state index contributed by atoms with van der Waals surface area (Å²) >= 11 is 0. The molecule has 24 heavy (non-hydrogen) atoms. The molecule has 0 spiro atoms. The van der Waals surface area contributed by atoms with Crippen LogP contribution < -0.4 is 10.5 Å². The molecule has 2 aromatic rings. The fourth-order valence-corrected chi connectivity index (χ4v) is 3.08. The predicted molar refractivity (Wildman–Crippen MR) is 94.5 cm³/mol. The van der Waals surface area contributed by atoms with Crippen molar-refractivity contribution in [3.05, 3.63) is 65.2 Å². The highest BCUT2D eigenvalue weighted by Crippen LogP contribution is 2.21. The second-order valence-electron chi connectivity index (χ2n) is 6.29. The summed E-state index contributed by atoms with van der Waals surface area (Å²) in [6.07, 6.45) is 2.55. The third-order valence-corrected chi connectivity index (χ3v) is 4.40. The zero-order valence-electron chi connectivity index (χ0n) is 13.8. The molecule has 0 unspecified atom stereocenters. The highest BCUT2D eigenvalue weighted by Gasteiger charge is 2.16. The van der Waals surface area contributed by atoms with Gasteiger partial charge in [-0.1, -0.05) is 24.3 Å². The van der Waals surface area contributed by atoms with Crippen LogP contribution in [-0.2, 0) is 6.61 Å². The zero-order valence-corrected chi connectivity index (χ0v) is 13.8. The first-order valence-electron chi connectivity index (χ1n) is 8.44. The molecule has 1 fully saturated rings. The average molecular weight is 321 g/mol. The maximum Gasteiger partial charge on any atom is 0.120 e. The number of nitriles is 1. The number of hydrogen-bond acceptors (Lipinski definition) is 4. The van der Waals surface area contributed by atoms with Gasteiger partial charge in [-0.15, -0.1) is 0 Å². The first-order chi connectivity index (χ1) is 11.7. The minimum Gasteiger partial charge on any atom is -0.489 e. The molecule has 4 nitrogen and oxygen atoms in total. The summed E-state index contributed by atoms with van der Waals surface area (Å²) in [6.45, 7) is 3.65. The van der Waals surface area contributed by atoms with Gasteiger partial charge in [-0.05, 0) is 61.3 Å². The Morgan fingerprint density at radius 2 is 1.92 bits per heavy atom. The average Bonchev–Trinajstić information content (AvgIpc) is 3.13. The van der Waals surface area contributed by atoms with Gasteiger partial charge in [0.15, 0.2) is 0 Å². The van der Waals surface area contributed by atoms with Crippen LogP contribution in [0.4, 0.5) is 0 Å². The fraction of sp³-hybridized carbons (Fsp3) is 0.350. The summed E-state index contributed by atoms with van der Waals surface area (Å²) in [5.41, 5.74) is 9.09. The molecular formula is C20H23N3O. The lowest BCUT2D eigenvalue weighted by Crippen LogP contribution is -2.29. The summed E-state index contributed by atoms with van der Waals surface area (Å²) in [7, 11) is 0. The van der Waals surface area contributed by atoms with Crippen molar-refractivity contribution >= 4 is 0 Å². The van der Waals surface area contributed by atoms with Crippen molar-refractivity contribution in [1.29, 1.82) is 5.26 Å². The monoisotopic (exact) mass is 321 g/mol. The van der Waals surface area contributed by atoms with Crippen molar-refractivity contribution in [2.24, 2.45) is 5.73 Å². The molecule has 2 N–H and O–H groups in total. The number of nitrogens with zero attached hydrogens (tertiary/aromatic N) is 2. The zero-order chi connectivity index (χ0) is 16.8. The molecule has 0 amide bonds. The summed E-state index contributed by atoms with van der Waals surface area (Å²) in [5, 5.41) is 8.95. The molecule has 1 aliphatic heterocycles. The van der Waals surface area contributed by atoms with E-state index in [1.165, 1.54) is 12.8 Å². The van der Waals surface area contributed by atoms with Crippen molar-refractivity contribution < 1.29 is 4.74 Å². The van der Waals surface area contributed by atoms with Crippen molar-refractivity contribution in [3.63, 3.8) is 0 Å². The van der Waals surface area contributed by atoms with Gasteiger partial charge in [0.25, 0.3) is 0 Å². The van der Waals surface area contributed by atoms with Gasteiger partial charge in [-0.25, -0.2) is 0 Å². The van der Waals surface area contributed by atoms with Crippen molar-refractivity contribution in [2.45, 2.75) is 25.5 Å². The van der Waals surface area contributed by atoms with Gasteiger partial charge in [0.05, 0.1) is 11.6 Å². The summed E-state index contributed by atoms with van der Waals surface area (Å²) < 4.78 is 5.87. The largest absolute Gasteiger partial charge is 0.489 e. The second kappa shape index (κ2) is 7.96. The first-order valence-corrected chi connectivity index (χ1v) is 8.44. The summed E-state index contributed by atoms with van der Waals surface area (Å²) in [4.78, 5) is 2.42. The summed E-state index contributed by atoms with van der Waals surface area (Å²) in [5.74, 6) is 0.812. The second-order valence-corrected chi connectivity index (χ2v) is 6.29. The minimum atomic E-state index is 0.00793. The van der Waals surface area contributed by atoms with Crippen LogP contribution in [0.1, 0.15) is 35.6 Å². The van der Waals surface area contributed by atoms with Crippen LogP contribution in [-0.4, -0.2) is 24.5 Å².